The van der Waals surface area contributed by atoms with Crippen LogP contribution in [0.2, 0.25) is 0 Å². The summed E-state index contributed by atoms with van der Waals surface area (Å²) < 4.78 is 0. The van der Waals surface area contributed by atoms with Crippen LogP contribution in [0.15, 0.2) is 24.4 Å². The van der Waals surface area contributed by atoms with Gasteiger partial charge < -0.3 is 5.32 Å². The van der Waals surface area contributed by atoms with Gasteiger partial charge in [0, 0.05) is 17.5 Å². The van der Waals surface area contributed by atoms with E-state index in [0.717, 1.165) is 16.6 Å². The van der Waals surface area contributed by atoms with Gasteiger partial charge in [-0.3, -0.25) is 9.89 Å². The fraction of sp³-hybridized carbons (Fsp3) is 0.200. The molecule has 0 fully saturated rings. The minimum Gasteiger partial charge on any atom is -0.326 e. The second-order valence-electron chi connectivity index (χ2n) is 3.07. The maximum atomic E-state index is 11.1. The Hall–Kier alpha value is -1.84. The molecule has 0 saturated carbocycles. The molecule has 2 N–H and O–H groups in total. The lowest BCUT2D eigenvalue weighted by atomic mass is 10.2. The van der Waals surface area contributed by atoms with E-state index in [4.69, 9.17) is 0 Å². The fourth-order valence-corrected chi connectivity index (χ4v) is 1.27. The van der Waals surface area contributed by atoms with E-state index >= 15 is 0 Å². The smallest absolute Gasteiger partial charge is 0.224 e. The third kappa shape index (κ3) is 1.59. The standard InChI is InChI=1S/C10H11N3O/c1-2-10(14)12-8-3-4-9-7(5-8)6-11-13-9/h3-6H,2H2,1H3,(H,11,13)(H,12,14). The predicted molar refractivity (Wildman–Crippen MR) is 55.0 cm³/mol. The molecule has 1 aromatic heterocycles. The van der Waals surface area contributed by atoms with Crippen LogP contribution in [0.25, 0.3) is 10.9 Å². The van der Waals surface area contributed by atoms with Crippen molar-refractivity contribution in [2.75, 3.05) is 5.32 Å². The van der Waals surface area contributed by atoms with Gasteiger partial charge in [0.1, 0.15) is 0 Å². The lowest BCUT2D eigenvalue weighted by molar-refractivity contribution is -0.115. The number of carbonyl (C=O) groups is 1. The van der Waals surface area contributed by atoms with Gasteiger partial charge in [-0.15, -0.1) is 0 Å². The number of carbonyl (C=O) groups excluding carboxylic acids is 1. The maximum absolute atomic E-state index is 11.1. The zero-order valence-electron chi connectivity index (χ0n) is 7.87. The number of fused-ring (bicyclic) bond motifs is 1. The minimum atomic E-state index is 0.0212. The van der Waals surface area contributed by atoms with Gasteiger partial charge in [-0.2, -0.15) is 5.10 Å². The van der Waals surface area contributed by atoms with Crippen molar-refractivity contribution in [2.24, 2.45) is 0 Å². The van der Waals surface area contributed by atoms with Gasteiger partial charge in [-0.1, -0.05) is 6.92 Å². The summed E-state index contributed by atoms with van der Waals surface area (Å²) in [7, 11) is 0. The molecule has 0 radical (unpaired) electrons. The number of aromatic nitrogens is 2. The van der Waals surface area contributed by atoms with Crippen LogP contribution in [0, 0.1) is 0 Å². The highest BCUT2D eigenvalue weighted by atomic mass is 16.1. The van der Waals surface area contributed by atoms with Crippen molar-refractivity contribution in [1.82, 2.24) is 10.2 Å². The number of amides is 1. The summed E-state index contributed by atoms with van der Waals surface area (Å²) >= 11 is 0. The molecule has 4 heteroatoms. The number of nitrogens with zero attached hydrogens (tertiary/aromatic N) is 1. The second-order valence-corrected chi connectivity index (χ2v) is 3.07. The summed E-state index contributed by atoms with van der Waals surface area (Å²) in [6, 6.07) is 5.65. The van der Waals surface area contributed by atoms with Gasteiger partial charge in [0.25, 0.3) is 0 Å². The molecule has 2 rings (SSSR count). The van der Waals surface area contributed by atoms with Gasteiger partial charge in [-0.05, 0) is 18.2 Å². The summed E-state index contributed by atoms with van der Waals surface area (Å²) in [6.07, 6.45) is 2.22. The Kier molecular flexibility index (Phi) is 2.18. The number of rotatable bonds is 2. The summed E-state index contributed by atoms with van der Waals surface area (Å²) in [6.45, 7) is 1.83. The normalized spacial score (nSPS) is 10.4. The highest BCUT2D eigenvalue weighted by Crippen LogP contribution is 2.16. The number of anilines is 1. The first kappa shape index (κ1) is 8.74. The van der Waals surface area contributed by atoms with Crippen molar-refractivity contribution in [1.29, 1.82) is 0 Å². The number of hydrogen-bond acceptors (Lipinski definition) is 2. The molecule has 0 aliphatic carbocycles. The monoisotopic (exact) mass is 189 g/mol. The maximum Gasteiger partial charge on any atom is 0.224 e. The molecule has 2 aromatic rings. The lowest BCUT2D eigenvalue weighted by Crippen LogP contribution is -2.08. The van der Waals surface area contributed by atoms with Crippen molar-refractivity contribution in [3.8, 4) is 0 Å². The zero-order valence-corrected chi connectivity index (χ0v) is 7.87. The summed E-state index contributed by atoms with van der Waals surface area (Å²) in [5.41, 5.74) is 1.78. The number of benzene rings is 1. The van der Waals surface area contributed by atoms with Crippen LogP contribution in [0.1, 0.15) is 13.3 Å². The van der Waals surface area contributed by atoms with Gasteiger partial charge in [-0.25, -0.2) is 0 Å². The third-order valence-electron chi connectivity index (χ3n) is 2.05. The minimum absolute atomic E-state index is 0.0212. The van der Waals surface area contributed by atoms with E-state index in [1.165, 1.54) is 0 Å². The van der Waals surface area contributed by atoms with Crippen LogP contribution < -0.4 is 5.32 Å². The lowest BCUT2D eigenvalue weighted by Gasteiger charge is -2.02. The molecule has 1 amide bonds. The van der Waals surface area contributed by atoms with Gasteiger partial charge in [0.15, 0.2) is 0 Å². The molecule has 0 aliphatic rings. The van der Waals surface area contributed by atoms with Crippen LogP contribution in [-0.2, 0) is 4.79 Å². The van der Waals surface area contributed by atoms with Crippen molar-refractivity contribution in [3.63, 3.8) is 0 Å². The molecule has 1 aromatic carbocycles. The number of hydrogen-bond donors (Lipinski definition) is 2. The Bertz CT molecular complexity index is 461. The van der Waals surface area contributed by atoms with Gasteiger partial charge in [0.05, 0.1) is 11.7 Å². The van der Waals surface area contributed by atoms with Crippen molar-refractivity contribution in [3.05, 3.63) is 24.4 Å². The Morgan fingerprint density at radius 2 is 2.43 bits per heavy atom. The second kappa shape index (κ2) is 3.49. The molecular weight excluding hydrogens is 178 g/mol. The Labute approximate surface area is 81.3 Å². The van der Waals surface area contributed by atoms with Crippen LogP contribution in [0.3, 0.4) is 0 Å². The Morgan fingerprint density at radius 3 is 3.21 bits per heavy atom. The third-order valence-corrected chi connectivity index (χ3v) is 2.05. The summed E-state index contributed by atoms with van der Waals surface area (Å²) in [5.74, 6) is 0.0212. The number of aromatic amines is 1. The van der Waals surface area contributed by atoms with Crippen LogP contribution in [-0.4, -0.2) is 16.1 Å². The Balaban J connectivity index is 2.30. The van der Waals surface area contributed by atoms with Crippen LogP contribution >= 0.6 is 0 Å². The molecule has 0 unspecified atom stereocenters. The SMILES string of the molecule is CCC(=O)Nc1ccc2[nH]ncc2c1. The molecule has 0 spiro atoms. The quantitative estimate of drug-likeness (QED) is 0.758. The van der Waals surface area contributed by atoms with Gasteiger partial charge in [0.2, 0.25) is 5.91 Å². The first-order chi connectivity index (χ1) is 6.79. The average molecular weight is 189 g/mol. The first-order valence-electron chi connectivity index (χ1n) is 4.52. The molecule has 0 atom stereocenters. The molecule has 0 aliphatic heterocycles. The highest BCUT2D eigenvalue weighted by molar-refractivity contribution is 5.93. The molecular formula is C10H11N3O. The van der Waals surface area contributed by atoms with E-state index in [0.29, 0.717) is 6.42 Å². The van der Waals surface area contributed by atoms with Crippen molar-refractivity contribution >= 4 is 22.5 Å². The molecule has 0 saturated heterocycles. The molecule has 72 valence electrons. The van der Waals surface area contributed by atoms with E-state index in [9.17, 15) is 4.79 Å². The number of nitrogens with one attached hydrogen (secondary N) is 2. The fourth-order valence-electron chi connectivity index (χ4n) is 1.27. The average Bonchev–Trinajstić information content (AvgIpc) is 2.64. The zero-order chi connectivity index (χ0) is 9.97. The van der Waals surface area contributed by atoms with Crippen molar-refractivity contribution < 1.29 is 4.79 Å². The Morgan fingerprint density at radius 1 is 1.57 bits per heavy atom. The van der Waals surface area contributed by atoms with Crippen molar-refractivity contribution in [2.45, 2.75) is 13.3 Å². The molecule has 4 nitrogen and oxygen atoms in total. The van der Waals surface area contributed by atoms with E-state index < -0.39 is 0 Å². The number of H-pyrrole nitrogens is 1. The van der Waals surface area contributed by atoms with E-state index in [1.807, 2.05) is 25.1 Å². The summed E-state index contributed by atoms with van der Waals surface area (Å²) in [4.78, 5) is 11.1. The first-order valence-corrected chi connectivity index (χ1v) is 4.52. The van der Waals surface area contributed by atoms with Crippen LogP contribution in [0.4, 0.5) is 5.69 Å². The molecule has 1 heterocycles. The highest BCUT2D eigenvalue weighted by Gasteiger charge is 2.00. The largest absolute Gasteiger partial charge is 0.326 e. The van der Waals surface area contributed by atoms with Crippen LogP contribution in [0.5, 0.6) is 0 Å². The molecule has 0 bridgehead atoms. The van der Waals surface area contributed by atoms with E-state index in [2.05, 4.69) is 15.5 Å². The van der Waals surface area contributed by atoms with E-state index in [-0.39, 0.29) is 5.91 Å². The topological polar surface area (TPSA) is 57.8 Å². The summed E-state index contributed by atoms with van der Waals surface area (Å²) in [5, 5.41) is 10.5. The predicted octanol–water partition coefficient (Wildman–Crippen LogP) is 1.91. The van der Waals surface area contributed by atoms with Gasteiger partial charge >= 0.3 is 0 Å². The van der Waals surface area contributed by atoms with E-state index in [1.54, 1.807) is 6.20 Å². The molecule has 14 heavy (non-hydrogen) atoms.